The minimum absolute atomic E-state index is 0.0590. The summed E-state index contributed by atoms with van der Waals surface area (Å²) in [6.45, 7) is 0. The van der Waals surface area contributed by atoms with Crippen LogP contribution in [0, 0.1) is 0 Å². The number of hydrogen-bond acceptors (Lipinski definition) is 2. The highest BCUT2D eigenvalue weighted by Gasteiger charge is 2.26. The van der Waals surface area contributed by atoms with E-state index in [4.69, 9.17) is 4.74 Å². The van der Waals surface area contributed by atoms with Crippen molar-refractivity contribution in [2.45, 2.75) is 0 Å². The van der Waals surface area contributed by atoms with Gasteiger partial charge in [0.15, 0.2) is 5.76 Å². The van der Waals surface area contributed by atoms with Gasteiger partial charge in [0.2, 0.25) is 5.78 Å². The van der Waals surface area contributed by atoms with Gasteiger partial charge in [-0.05, 0) is 56.1 Å². The zero-order valence-corrected chi connectivity index (χ0v) is 14.4. The lowest BCUT2D eigenvalue weighted by Crippen LogP contribution is -1.98. The molecule has 0 bridgehead atoms. The van der Waals surface area contributed by atoms with E-state index < -0.39 is 0 Å². The Balaban J connectivity index is 1.62. The molecule has 5 aromatic rings. The number of hydrogen-bond donors (Lipinski definition) is 0. The van der Waals surface area contributed by atoms with Crippen LogP contribution in [0.15, 0.2) is 84.6 Å². The van der Waals surface area contributed by atoms with E-state index in [0.717, 1.165) is 10.9 Å². The molecule has 0 atom stereocenters. The molecule has 6 rings (SSSR count). The first kappa shape index (κ1) is 14.5. The highest BCUT2D eigenvalue weighted by atomic mass is 16.5. The predicted octanol–water partition coefficient (Wildman–Crippen LogP) is 6.20. The summed E-state index contributed by atoms with van der Waals surface area (Å²) < 4.78 is 5.83. The van der Waals surface area contributed by atoms with Gasteiger partial charge >= 0.3 is 0 Å². The number of benzene rings is 5. The molecule has 0 unspecified atom stereocenters. The van der Waals surface area contributed by atoms with Crippen molar-refractivity contribution >= 4 is 44.2 Å². The molecule has 0 fully saturated rings. The molecule has 0 radical (unpaired) electrons. The van der Waals surface area contributed by atoms with E-state index in [1.165, 1.54) is 26.9 Å². The molecular formula is C25H14O2. The van der Waals surface area contributed by atoms with Crippen LogP contribution in [-0.2, 0) is 0 Å². The molecule has 1 aliphatic heterocycles. The molecule has 0 aromatic heterocycles. The van der Waals surface area contributed by atoms with Crippen LogP contribution in [-0.4, -0.2) is 5.78 Å². The van der Waals surface area contributed by atoms with Crippen LogP contribution in [0.1, 0.15) is 15.9 Å². The van der Waals surface area contributed by atoms with E-state index >= 15 is 0 Å². The first-order valence-electron chi connectivity index (χ1n) is 8.99. The monoisotopic (exact) mass is 346 g/mol. The third kappa shape index (κ3) is 1.98. The Morgan fingerprint density at radius 3 is 2.19 bits per heavy atom. The van der Waals surface area contributed by atoms with E-state index in [0.29, 0.717) is 17.1 Å². The third-order valence-electron chi connectivity index (χ3n) is 5.42. The number of fused-ring (bicyclic) bond motifs is 1. The lowest BCUT2D eigenvalue weighted by atomic mass is 9.91. The summed E-state index contributed by atoms with van der Waals surface area (Å²) >= 11 is 0. The second-order valence-electron chi connectivity index (χ2n) is 6.95. The van der Waals surface area contributed by atoms with Crippen molar-refractivity contribution in [3.8, 4) is 5.75 Å². The number of ether oxygens (including phenoxy) is 1. The Morgan fingerprint density at radius 2 is 1.37 bits per heavy atom. The van der Waals surface area contributed by atoms with Crippen molar-refractivity contribution in [2.75, 3.05) is 0 Å². The van der Waals surface area contributed by atoms with Gasteiger partial charge in [-0.25, -0.2) is 0 Å². The van der Waals surface area contributed by atoms with Crippen molar-refractivity contribution in [3.63, 3.8) is 0 Å². The topological polar surface area (TPSA) is 26.3 Å². The van der Waals surface area contributed by atoms with Crippen LogP contribution in [0.3, 0.4) is 0 Å². The molecule has 1 aliphatic rings. The van der Waals surface area contributed by atoms with Crippen molar-refractivity contribution < 1.29 is 9.53 Å². The molecule has 0 saturated carbocycles. The average molecular weight is 346 g/mol. The van der Waals surface area contributed by atoms with Crippen molar-refractivity contribution in [1.82, 2.24) is 0 Å². The minimum Gasteiger partial charge on any atom is -0.452 e. The molecule has 0 saturated heterocycles. The van der Waals surface area contributed by atoms with E-state index in [9.17, 15) is 4.79 Å². The molecule has 5 aromatic carbocycles. The van der Waals surface area contributed by atoms with Crippen molar-refractivity contribution in [3.05, 3.63) is 95.7 Å². The molecule has 2 heteroatoms. The lowest BCUT2D eigenvalue weighted by Gasteiger charge is -2.12. The van der Waals surface area contributed by atoms with Gasteiger partial charge in [0.05, 0.1) is 5.56 Å². The van der Waals surface area contributed by atoms with Gasteiger partial charge in [-0.15, -0.1) is 0 Å². The summed E-state index contributed by atoms with van der Waals surface area (Å²) in [6.07, 6.45) is 1.87. The Morgan fingerprint density at radius 1 is 0.667 bits per heavy atom. The second kappa shape index (κ2) is 5.18. The Kier molecular flexibility index (Phi) is 2.78. The largest absolute Gasteiger partial charge is 0.452 e. The standard InChI is InChI=1S/C25H14O2/c26-25-20-6-1-2-7-21(20)27-22(25)14-18-11-10-17-9-8-15-4-3-5-16-12-13-19(18)24(17)23(15)16/h1-14H/b22-14-. The Hall–Kier alpha value is -3.65. The quantitative estimate of drug-likeness (QED) is 0.267. The highest BCUT2D eigenvalue weighted by Crippen LogP contribution is 2.37. The molecule has 0 spiro atoms. The number of allylic oxidation sites excluding steroid dienone is 1. The van der Waals surface area contributed by atoms with Gasteiger partial charge in [-0.3, -0.25) is 4.79 Å². The maximum absolute atomic E-state index is 12.7. The summed E-state index contributed by atoms with van der Waals surface area (Å²) in [6, 6.07) is 26.6. The second-order valence-corrected chi connectivity index (χ2v) is 6.95. The molecule has 2 nitrogen and oxygen atoms in total. The fraction of sp³-hybridized carbons (Fsp3) is 0. The highest BCUT2D eigenvalue weighted by molar-refractivity contribution is 6.24. The van der Waals surface area contributed by atoms with Gasteiger partial charge in [0, 0.05) is 0 Å². The van der Waals surface area contributed by atoms with E-state index in [1.54, 1.807) is 0 Å². The van der Waals surface area contributed by atoms with E-state index in [2.05, 4.69) is 54.6 Å². The average Bonchev–Trinajstić information content (AvgIpc) is 3.03. The number of Topliss-reactive ketones (excluding diaryl/α,β-unsaturated/α-hetero) is 1. The maximum Gasteiger partial charge on any atom is 0.231 e. The molecule has 0 aliphatic carbocycles. The maximum atomic E-state index is 12.7. The van der Waals surface area contributed by atoms with E-state index in [-0.39, 0.29) is 5.78 Å². The van der Waals surface area contributed by atoms with Crippen LogP contribution in [0.25, 0.3) is 38.4 Å². The molecule has 0 amide bonds. The summed E-state index contributed by atoms with van der Waals surface area (Å²) in [5, 5.41) is 7.32. The van der Waals surface area contributed by atoms with Gasteiger partial charge in [0.1, 0.15) is 5.75 Å². The normalized spacial score (nSPS) is 15.1. The molecule has 0 N–H and O–H groups in total. The fourth-order valence-electron chi connectivity index (χ4n) is 4.16. The molecular weight excluding hydrogens is 332 g/mol. The number of ketones is 1. The zero-order chi connectivity index (χ0) is 18.0. The van der Waals surface area contributed by atoms with E-state index in [1.807, 2.05) is 30.3 Å². The van der Waals surface area contributed by atoms with Crippen LogP contribution >= 0.6 is 0 Å². The number of carbonyl (C=O) groups is 1. The number of para-hydroxylation sites is 1. The lowest BCUT2D eigenvalue weighted by molar-refractivity contribution is 0.101. The smallest absolute Gasteiger partial charge is 0.231 e. The van der Waals surface area contributed by atoms with Gasteiger partial charge < -0.3 is 4.74 Å². The first-order valence-corrected chi connectivity index (χ1v) is 8.99. The Labute approximate surface area is 155 Å². The predicted molar refractivity (Wildman–Crippen MR) is 110 cm³/mol. The summed E-state index contributed by atoms with van der Waals surface area (Å²) in [5.41, 5.74) is 1.62. The zero-order valence-electron chi connectivity index (χ0n) is 14.4. The minimum atomic E-state index is -0.0590. The number of rotatable bonds is 1. The van der Waals surface area contributed by atoms with Crippen LogP contribution in [0.4, 0.5) is 0 Å². The van der Waals surface area contributed by atoms with Gasteiger partial charge in [-0.2, -0.15) is 0 Å². The Bertz CT molecular complexity index is 1390. The summed E-state index contributed by atoms with van der Waals surface area (Å²) in [5.74, 6) is 0.953. The first-order chi connectivity index (χ1) is 13.3. The SMILES string of the molecule is O=C1/C(=C/c2ccc3ccc4cccc5ccc2c3c45)Oc2ccccc21. The van der Waals surface area contributed by atoms with Crippen molar-refractivity contribution in [1.29, 1.82) is 0 Å². The molecule has 126 valence electrons. The van der Waals surface area contributed by atoms with Crippen molar-refractivity contribution in [2.24, 2.45) is 0 Å². The van der Waals surface area contributed by atoms with Crippen LogP contribution in [0.5, 0.6) is 5.75 Å². The number of carbonyl (C=O) groups excluding carboxylic acids is 1. The summed E-state index contributed by atoms with van der Waals surface area (Å²) in [7, 11) is 0. The summed E-state index contributed by atoms with van der Waals surface area (Å²) in [4.78, 5) is 12.7. The van der Waals surface area contributed by atoms with Crippen LogP contribution < -0.4 is 4.74 Å². The molecule has 1 heterocycles. The third-order valence-corrected chi connectivity index (χ3v) is 5.42. The van der Waals surface area contributed by atoms with Gasteiger partial charge in [0.25, 0.3) is 0 Å². The van der Waals surface area contributed by atoms with Gasteiger partial charge in [-0.1, -0.05) is 66.7 Å². The van der Waals surface area contributed by atoms with Crippen LogP contribution in [0.2, 0.25) is 0 Å². The molecule has 27 heavy (non-hydrogen) atoms. The fourth-order valence-corrected chi connectivity index (χ4v) is 4.16.